The van der Waals surface area contributed by atoms with Crippen LogP contribution in [0.2, 0.25) is 0 Å². The summed E-state index contributed by atoms with van der Waals surface area (Å²) in [4.78, 5) is 13.5. The Morgan fingerprint density at radius 1 is 1.47 bits per heavy atom. The highest BCUT2D eigenvalue weighted by Crippen LogP contribution is 2.24. The van der Waals surface area contributed by atoms with Crippen molar-refractivity contribution >= 4 is 25.6 Å². The maximum atomic E-state index is 12.3. The molecule has 0 aliphatic rings. The van der Waals surface area contributed by atoms with Crippen molar-refractivity contribution < 1.29 is 13.2 Å². The number of aromatic amines is 1. The topological polar surface area (TPSA) is 83.1 Å². The lowest BCUT2D eigenvalue weighted by Gasteiger charge is -2.23. The number of aryl methyl sites for hydroxylation is 1. The van der Waals surface area contributed by atoms with Crippen LogP contribution in [0.1, 0.15) is 43.4 Å². The Kier molecular flexibility index (Phi) is 4.98. The number of carbonyl (C=O) groups is 1. The normalized spacial score (nSPS) is 13.3. The van der Waals surface area contributed by atoms with E-state index in [0.29, 0.717) is 12.1 Å². The maximum Gasteiger partial charge on any atom is 0.275 e. The Labute approximate surface area is 117 Å². The molecule has 1 atom stereocenters. The Balaban J connectivity index is 3.29. The van der Waals surface area contributed by atoms with E-state index in [2.05, 4.69) is 10.2 Å². The van der Waals surface area contributed by atoms with E-state index < -0.39 is 15.0 Å². The third-order valence-electron chi connectivity index (χ3n) is 3.16. The summed E-state index contributed by atoms with van der Waals surface area (Å²) in [6.07, 6.45) is 1.16. The predicted molar refractivity (Wildman–Crippen MR) is 72.9 cm³/mol. The average Bonchev–Trinajstić information content (AvgIpc) is 2.79. The second-order valence-corrected chi connectivity index (χ2v) is 6.85. The molecule has 19 heavy (non-hydrogen) atoms. The van der Waals surface area contributed by atoms with Crippen molar-refractivity contribution in [3.63, 3.8) is 0 Å². The van der Waals surface area contributed by atoms with Crippen LogP contribution in [-0.2, 0) is 15.5 Å². The van der Waals surface area contributed by atoms with Crippen LogP contribution >= 0.6 is 10.7 Å². The van der Waals surface area contributed by atoms with Gasteiger partial charge in [-0.05, 0) is 19.8 Å². The number of nitrogens with one attached hydrogen (secondary N) is 1. The van der Waals surface area contributed by atoms with Gasteiger partial charge in [0.05, 0.1) is 5.69 Å². The van der Waals surface area contributed by atoms with E-state index in [0.717, 1.165) is 6.42 Å². The smallest absolute Gasteiger partial charge is 0.275 e. The summed E-state index contributed by atoms with van der Waals surface area (Å²) in [7, 11) is 2.99. The first kappa shape index (κ1) is 16.0. The lowest BCUT2D eigenvalue weighted by molar-refractivity contribution is 0.0730. The third kappa shape index (κ3) is 3.27. The molecule has 0 radical (unpaired) electrons. The molecule has 1 amide bonds. The van der Waals surface area contributed by atoms with E-state index in [1.165, 1.54) is 4.90 Å². The molecule has 0 aromatic carbocycles. The Bertz CT molecular complexity index is 568. The first-order chi connectivity index (χ1) is 8.73. The number of nitrogens with zero attached hydrogens (tertiary/aromatic N) is 2. The zero-order valence-corrected chi connectivity index (χ0v) is 13.0. The van der Waals surface area contributed by atoms with Crippen LogP contribution in [0.5, 0.6) is 0 Å². The number of rotatable bonds is 5. The van der Waals surface area contributed by atoms with Gasteiger partial charge in [0.25, 0.3) is 15.0 Å². The number of hydrogen-bond donors (Lipinski definition) is 1. The molecule has 1 unspecified atom stereocenters. The number of H-pyrrole nitrogens is 1. The lowest BCUT2D eigenvalue weighted by Crippen LogP contribution is -2.35. The Morgan fingerprint density at radius 3 is 2.47 bits per heavy atom. The molecule has 8 heteroatoms. The first-order valence-corrected chi connectivity index (χ1v) is 8.33. The molecule has 0 fully saturated rings. The average molecular weight is 308 g/mol. The molecule has 6 nitrogen and oxygen atoms in total. The molecular weight excluding hydrogens is 290 g/mol. The Hall–Kier alpha value is -1.08. The molecular formula is C11H18ClN3O3S. The minimum Gasteiger partial charge on any atom is -0.338 e. The monoisotopic (exact) mass is 307 g/mol. The van der Waals surface area contributed by atoms with E-state index in [-0.39, 0.29) is 16.6 Å². The zero-order chi connectivity index (χ0) is 14.8. The van der Waals surface area contributed by atoms with Gasteiger partial charge in [0.15, 0.2) is 5.69 Å². The molecule has 1 aromatic rings. The second-order valence-electron chi connectivity index (χ2n) is 4.34. The summed E-state index contributed by atoms with van der Waals surface area (Å²) >= 11 is 0. The van der Waals surface area contributed by atoms with E-state index in [1.54, 1.807) is 14.0 Å². The van der Waals surface area contributed by atoms with Crippen LogP contribution in [-0.4, -0.2) is 42.5 Å². The van der Waals surface area contributed by atoms with E-state index in [9.17, 15) is 13.2 Å². The molecule has 0 bridgehead atoms. The predicted octanol–water partition coefficient (Wildman–Crippen LogP) is 1.77. The van der Waals surface area contributed by atoms with Crippen LogP contribution in [0, 0.1) is 0 Å². The maximum absolute atomic E-state index is 12.3. The fourth-order valence-electron chi connectivity index (χ4n) is 1.66. The van der Waals surface area contributed by atoms with Gasteiger partial charge >= 0.3 is 0 Å². The van der Waals surface area contributed by atoms with E-state index in [1.807, 2.05) is 13.8 Å². The van der Waals surface area contributed by atoms with Gasteiger partial charge in [-0.15, -0.1) is 0 Å². The van der Waals surface area contributed by atoms with Gasteiger partial charge in [0.2, 0.25) is 0 Å². The molecule has 108 valence electrons. The molecule has 0 aliphatic heterocycles. The molecule has 0 spiro atoms. The number of hydrogen-bond acceptors (Lipinski definition) is 4. The Morgan fingerprint density at radius 2 is 2.05 bits per heavy atom. The molecule has 1 heterocycles. The van der Waals surface area contributed by atoms with Gasteiger partial charge in [-0.2, -0.15) is 5.10 Å². The summed E-state index contributed by atoms with van der Waals surface area (Å²) in [5.41, 5.74) is 0.200. The van der Waals surface area contributed by atoms with Crippen LogP contribution in [0.15, 0.2) is 4.90 Å². The van der Waals surface area contributed by atoms with Crippen molar-refractivity contribution in [2.75, 3.05) is 7.05 Å². The van der Waals surface area contributed by atoms with Crippen molar-refractivity contribution in [3.8, 4) is 0 Å². The summed E-state index contributed by atoms with van der Waals surface area (Å²) in [6.45, 7) is 5.57. The fourth-order valence-corrected chi connectivity index (χ4v) is 3.00. The largest absolute Gasteiger partial charge is 0.338 e. The van der Waals surface area contributed by atoms with Gasteiger partial charge in [0, 0.05) is 23.8 Å². The summed E-state index contributed by atoms with van der Waals surface area (Å²) in [6, 6.07) is -0.0137. The molecule has 0 aliphatic carbocycles. The lowest BCUT2D eigenvalue weighted by atomic mass is 10.2. The van der Waals surface area contributed by atoms with Crippen molar-refractivity contribution in [1.29, 1.82) is 0 Å². The number of halogens is 1. The third-order valence-corrected chi connectivity index (χ3v) is 4.55. The summed E-state index contributed by atoms with van der Waals surface area (Å²) in [5, 5.41) is 6.37. The number of carbonyl (C=O) groups excluding carboxylic acids is 1. The summed E-state index contributed by atoms with van der Waals surface area (Å²) < 4.78 is 23.2. The SMILES string of the molecule is CCc1[nH]nc(C(=O)N(C)C(C)CC)c1S(=O)(=O)Cl. The molecule has 1 N–H and O–H groups in total. The van der Waals surface area contributed by atoms with E-state index in [4.69, 9.17) is 10.7 Å². The highest BCUT2D eigenvalue weighted by atomic mass is 35.7. The molecule has 0 saturated heterocycles. The van der Waals surface area contributed by atoms with Crippen LogP contribution < -0.4 is 0 Å². The zero-order valence-electron chi connectivity index (χ0n) is 11.4. The number of aromatic nitrogens is 2. The van der Waals surface area contributed by atoms with Crippen molar-refractivity contribution in [2.24, 2.45) is 0 Å². The quantitative estimate of drug-likeness (QED) is 0.840. The van der Waals surface area contributed by atoms with Gasteiger partial charge in [0.1, 0.15) is 4.90 Å². The van der Waals surface area contributed by atoms with E-state index >= 15 is 0 Å². The minimum absolute atomic E-state index is 0.0137. The molecule has 1 rings (SSSR count). The molecule has 0 saturated carbocycles. The second kappa shape index (κ2) is 5.92. The van der Waals surface area contributed by atoms with Crippen LogP contribution in [0.4, 0.5) is 0 Å². The van der Waals surface area contributed by atoms with Crippen molar-refractivity contribution in [1.82, 2.24) is 15.1 Å². The number of amides is 1. The van der Waals surface area contributed by atoms with Gasteiger partial charge in [-0.1, -0.05) is 13.8 Å². The van der Waals surface area contributed by atoms with Gasteiger partial charge in [-0.25, -0.2) is 8.42 Å². The highest BCUT2D eigenvalue weighted by molar-refractivity contribution is 8.13. The summed E-state index contributed by atoms with van der Waals surface area (Å²) in [5.74, 6) is -0.454. The standard InChI is InChI=1S/C11H18ClN3O3S/c1-5-7(3)15(4)11(16)9-10(19(12,17)18)8(6-2)13-14-9/h7H,5-6H2,1-4H3,(H,13,14). The van der Waals surface area contributed by atoms with Crippen LogP contribution in [0.3, 0.4) is 0 Å². The highest BCUT2D eigenvalue weighted by Gasteiger charge is 2.30. The minimum atomic E-state index is -4.01. The van der Waals surface area contributed by atoms with Gasteiger partial charge < -0.3 is 4.90 Å². The van der Waals surface area contributed by atoms with Crippen molar-refractivity contribution in [3.05, 3.63) is 11.4 Å². The first-order valence-electron chi connectivity index (χ1n) is 6.03. The van der Waals surface area contributed by atoms with Crippen molar-refractivity contribution in [2.45, 2.75) is 44.6 Å². The van der Waals surface area contributed by atoms with Crippen LogP contribution in [0.25, 0.3) is 0 Å². The van der Waals surface area contributed by atoms with Gasteiger partial charge in [-0.3, -0.25) is 9.89 Å². The molecule has 1 aromatic heterocycles. The fraction of sp³-hybridized carbons (Fsp3) is 0.636.